The highest BCUT2D eigenvalue weighted by Gasteiger charge is 1.81. The molecule has 0 aliphatic carbocycles. The lowest BCUT2D eigenvalue weighted by atomic mass is 10.4. The number of pyridine rings is 1. The van der Waals surface area contributed by atoms with Gasteiger partial charge in [-0.2, -0.15) is 0 Å². The first kappa shape index (κ1) is 10.3. The second-order valence-electron chi connectivity index (χ2n) is 2.54. The van der Waals surface area contributed by atoms with E-state index in [1.165, 1.54) is 6.26 Å². The third-order valence-corrected chi connectivity index (χ3v) is 1.48. The molecular weight excluding hydrogens is 178 g/mol. The zero-order chi connectivity index (χ0) is 10.2. The van der Waals surface area contributed by atoms with E-state index in [1.807, 2.05) is 18.2 Å². The van der Waals surface area contributed by atoms with Gasteiger partial charge < -0.3 is 15.9 Å². The fourth-order valence-electron chi connectivity index (χ4n) is 0.810. The molecule has 0 unspecified atom stereocenters. The molecule has 4 heteroatoms. The van der Waals surface area contributed by atoms with Crippen LogP contribution in [-0.2, 0) is 6.54 Å². The van der Waals surface area contributed by atoms with E-state index >= 15 is 0 Å². The zero-order valence-corrected chi connectivity index (χ0v) is 7.76. The number of hydrogen-bond donors (Lipinski definition) is 2. The molecule has 0 saturated heterocycles. The van der Waals surface area contributed by atoms with Gasteiger partial charge in [-0.1, -0.05) is 6.07 Å². The molecule has 0 bridgehead atoms. The van der Waals surface area contributed by atoms with E-state index in [-0.39, 0.29) is 0 Å². The molecule has 4 nitrogen and oxygen atoms in total. The molecule has 14 heavy (non-hydrogen) atoms. The number of aromatic nitrogens is 1. The lowest BCUT2D eigenvalue weighted by molar-refractivity contribution is 0.588. The topological polar surface area (TPSA) is 78.1 Å². The van der Waals surface area contributed by atoms with E-state index in [9.17, 15) is 0 Å². The minimum absolute atomic E-state index is 0.468. The van der Waals surface area contributed by atoms with Gasteiger partial charge in [-0.25, -0.2) is 0 Å². The highest BCUT2D eigenvalue weighted by atomic mass is 16.3. The second kappa shape index (κ2) is 5.77. The van der Waals surface area contributed by atoms with Crippen LogP contribution >= 0.6 is 0 Å². The summed E-state index contributed by atoms with van der Waals surface area (Å²) in [6.07, 6.45) is 3.28. The minimum Gasteiger partial charge on any atom is -0.449 e. The minimum atomic E-state index is 0.468. The molecule has 0 spiro atoms. The predicted octanol–water partition coefficient (Wildman–Crippen LogP) is 1.40. The van der Waals surface area contributed by atoms with E-state index in [0.717, 1.165) is 5.69 Å². The van der Waals surface area contributed by atoms with Crippen molar-refractivity contribution in [3.63, 3.8) is 0 Å². The maximum Gasteiger partial charge on any atom is 0.190 e. The summed E-state index contributed by atoms with van der Waals surface area (Å²) in [5.41, 5.74) is 11.3. The zero-order valence-electron chi connectivity index (χ0n) is 7.76. The molecule has 0 radical (unpaired) electrons. The lowest BCUT2D eigenvalue weighted by Gasteiger charge is -1.89. The first-order valence-electron chi connectivity index (χ1n) is 4.22. The second-order valence-corrected chi connectivity index (χ2v) is 2.54. The summed E-state index contributed by atoms with van der Waals surface area (Å²) in [6, 6.07) is 9.14. The van der Waals surface area contributed by atoms with Crippen LogP contribution in [0.1, 0.15) is 5.69 Å². The summed E-state index contributed by atoms with van der Waals surface area (Å²) in [4.78, 5) is 3.97. The number of furan rings is 1. The van der Waals surface area contributed by atoms with Crippen molar-refractivity contribution in [3.8, 4) is 0 Å². The standard InChI is InChI=1S/C6H8N2.C4H5NO/c7-5-6-3-1-2-4-8-6;5-4-2-1-3-6-4/h1-4H,5,7H2;1-3H,5H2. The summed E-state index contributed by atoms with van der Waals surface area (Å²) in [7, 11) is 0. The Hall–Kier alpha value is -1.81. The van der Waals surface area contributed by atoms with Crippen molar-refractivity contribution >= 4 is 5.88 Å². The summed E-state index contributed by atoms with van der Waals surface area (Å²) in [5.74, 6) is 0.468. The smallest absolute Gasteiger partial charge is 0.190 e. The first-order valence-corrected chi connectivity index (χ1v) is 4.22. The van der Waals surface area contributed by atoms with Crippen LogP contribution in [0.5, 0.6) is 0 Å². The Kier molecular flexibility index (Phi) is 4.23. The Bertz CT molecular complexity index is 332. The van der Waals surface area contributed by atoms with Crippen molar-refractivity contribution < 1.29 is 4.42 Å². The highest BCUT2D eigenvalue weighted by molar-refractivity contribution is 5.20. The Morgan fingerprint density at radius 1 is 1.21 bits per heavy atom. The van der Waals surface area contributed by atoms with Crippen LogP contribution in [0.15, 0.2) is 47.2 Å². The monoisotopic (exact) mass is 191 g/mol. The van der Waals surface area contributed by atoms with Crippen LogP contribution in [0.2, 0.25) is 0 Å². The molecule has 0 saturated carbocycles. The van der Waals surface area contributed by atoms with Crippen molar-refractivity contribution in [2.24, 2.45) is 5.73 Å². The molecule has 0 amide bonds. The van der Waals surface area contributed by atoms with E-state index in [1.54, 1.807) is 18.3 Å². The molecule has 2 heterocycles. The quantitative estimate of drug-likeness (QED) is 0.714. The average molecular weight is 191 g/mol. The van der Waals surface area contributed by atoms with E-state index < -0.39 is 0 Å². The summed E-state index contributed by atoms with van der Waals surface area (Å²) >= 11 is 0. The van der Waals surface area contributed by atoms with E-state index in [4.69, 9.17) is 11.5 Å². The number of hydrogen-bond acceptors (Lipinski definition) is 4. The molecule has 2 rings (SSSR count). The molecular formula is C10H13N3O. The van der Waals surface area contributed by atoms with Gasteiger partial charge in [0.15, 0.2) is 5.88 Å². The summed E-state index contributed by atoms with van der Waals surface area (Å²) in [5, 5.41) is 0. The largest absolute Gasteiger partial charge is 0.449 e. The van der Waals surface area contributed by atoms with Gasteiger partial charge in [0.1, 0.15) is 0 Å². The van der Waals surface area contributed by atoms with Crippen LogP contribution in [-0.4, -0.2) is 4.98 Å². The number of nitrogen functional groups attached to an aromatic ring is 1. The molecule has 0 atom stereocenters. The van der Waals surface area contributed by atoms with Gasteiger partial charge in [-0.3, -0.25) is 4.98 Å². The highest BCUT2D eigenvalue weighted by Crippen LogP contribution is 1.97. The van der Waals surface area contributed by atoms with Crippen molar-refractivity contribution in [3.05, 3.63) is 48.5 Å². The Labute approximate surface area is 82.6 Å². The van der Waals surface area contributed by atoms with Gasteiger partial charge in [-0.05, 0) is 18.2 Å². The van der Waals surface area contributed by atoms with E-state index in [0.29, 0.717) is 12.4 Å². The molecule has 4 N–H and O–H groups in total. The maximum atomic E-state index is 5.29. The van der Waals surface area contributed by atoms with Crippen LogP contribution in [0, 0.1) is 0 Å². The molecule has 0 aromatic carbocycles. The Balaban J connectivity index is 0.000000146. The normalized spacial score (nSPS) is 8.93. The predicted molar refractivity (Wildman–Crippen MR) is 55.2 cm³/mol. The number of nitrogens with two attached hydrogens (primary N) is 2. The van der Waals surface area contributed by atoms with E-state index in [2.05, 4.69) is 9.40 Å². The fraction of sp³-hybridized carbons (Fsp3) is 0.100. The van der Waals surface area contributed by atoms with Gasteiger partial charge in [0.05, 0.1) is 12.0 Å². The maximum absolute atomic E-state index is 5.29. The van der Waals surface area contributed by atoms with Crippen LogP contribution < -0.4 is 11.5 Å². The molecule has 74 valence electrons. The van der Waals surface area contributed by atoms with Crippen LogP contribution in [0.3, 0.4) is 0 Å². The van der Waals surface area contributed by atoms with Gasteiger partial charge in [-0.15, -0.1) is 0 Å². The first-order chi connectivity index (χ1) is 6.83. The third-order valence-electron chi connectivity index (χ3n) is 1.48. The Morgan fingerprint density at radius 3 is 2.36 bits per heavy atom. The molecule has 2 aromatic rings. The van der Waals surface area contributed by atoms with Crippen molar-refractivity contribution in [2.45, 2.75) is 6.54 Å². The molecule has 2 aromatic heterocycles. The van der Waals surface area contributed by atoms with Crippen molar-refractivity contribution in [2.75, 3.05) is 5.73 Å². The Morgan fingerprint density at radius 2 is 2.07 bits per heavy atom. The van der Waals surface area contributed by atoms with Crippen LogP contribution in [0.25, 0.3) is 0 Å². The van der Waals surface area contributed by atoms with Gasteiger partial charge in [0, 0.05) is 18.8 Å². The third kappa shape index (κ3) is 3.73. The van der Waals surface area contributed by atoms with Gasteiger partial charge >= 0.3 is 0 Å². The SMILES string of the molecule is NCc1ccccn1.Nc1ccco1. The van der Waals surface area contributed by atoms with Gasteiger partial charge in [0.25, 0.3) is 0 Å². The lowest BCUT2D eigenvalue weighted by Crippen LogP contribution is -1.97. The number of nitrogens with zero attached hydrogens (tertiary/aromatic N) is 1. The van der Waals surface area contributed by atoms with Gasteiger partial charge in [0.2, 0.25) is 0 Å². The fourth-order valence-corrected chi connectivity index (χ4v) is 0.810. The average Bonchev–Trinajstić information content (AvgIpc) is 2.71. The summed E-state index contributed by atoms with van der Waals surface area (Å²) in [6.45, 7) is 0.529. The molecule has 0 fully saturated rings. The van der Waals surface area contributed by atoms with Crippen molar-refractivity contribution in [1.29, 1.82) is 0 Å². The summed E-state index contributed by atoms with van der Waals surface area (Å²) < 4.78 is 4.61. The molecule has 0 aliphatic heterocycles. The number of rotatable bonds is 1. The van der Waals surface area contributed by atoms with Crippen LogP contribution in [0.4, 0.5) is 5.88 Å². The van der Waals surface area contributed by atoms with Crippen molar-refractivity contribution in [1.82, 2.24) is 4.98 Å². The number of anilines is 1. The molecule has 0 aliphatic rings.